The van der Waals surface area contributed by atoms with Gasteiger partial charge in [-0.25, -0.2) is 28.1 Å². The van der Waals surface area contributed by atoms with Gasteiger partial charge in [-0.2, -0.15) is 10.5 Å². The zero-order valence-corrected chi connectivity index (χ0v) is 25.5. The summed E-state index contributed by atoms with van der Waals surface area (Å²) in [5.74, 6) is 3.08. The molecule has 2 saturated heterocycles. The number of aromatic nitrogens is 3. The fraction of sp³-hybridized carbons (Fsp3) is 0.562. The van der Waals surface area contributed by atoms with Crippen LogP contribution in [0, 0.1) is 18.7 Å². The number of hydrogen-bond acceptors (Lipinski definition) is 5. The minimum absolute atomic E-state index is 0.0334. The number of likely N-dealkylation sites (tertiary alicyclic amines) is 1. The lowest BCUT2D eigenvalue weighted by molar-refractivity contribution is -0.0900. The number of benzene rings is 1. The van der Waals surface area contributed by atoms with Crippen LogP contribution in [0.15, 0.2) is 24.3 Å². The van der Waals surface area contributed by atoms with Crippen LogP contribution in [-0.4, -0.2) is 56.4 Å². The molecular weight excluding hydrogens is 543 g/mol. The average molecular weight is 586 g/mol. The predicted octanol–water partition coefficient (Wildman–Crippen LogP) is 7.44. The third-order valence-electron chi connectivity index (χ3n) is 8.85. The number of pyridine rings is 1. The largest absolute Gasteiger partial charge is 0.365 e. The molecular formula is C32H42F3N5S. The third kappa shape index (κ3) is 6.31. The Bertz CT molecular complexity index is 1410. The van der Waals surface area contributed by atoms with Gasteiger partial charge in [0.05, 0.1) is 10.9 Å². The van der Waals surface area contributed by atoms with E-state index in [0.717, 1.165) is 41.8 Å². The summed E-state index contributed by atoms with van der Waals surface area (Å²) in [6.45, 7) is 9.30. The van der Waals surface area contributed by atoms with Crippen LogP contribution >= 0.6 is 10.5 Å². The number of anilines is 1. The van der Waals surface area contributed by atoms with Crippen molar-refractivity contribution in [3.05, 3.63) is 58.3 Å². The molecule has 2 aliphatic heterocycles. The van der Waals surface area contributed by atoms with Crippen molar-refractivity contribution in [3.8, 4) is 0 Å². The molecule has 1 aromatic carbocycles. The first-order valence-electron chi connectivity index (χ1n) is 14.9. The average Bonchev–Trinajstić information content (AvgIpc) is 2.96. The molecule has 0 bridgehead atoms. The second-order valence-electron chi connectivity index (χ2n) is 11.8. The van der Waals surface area contributed by atoms with E-state index in [0.29, 0.717) is 55.2 Å². The van der Waals surface area contributed by atoms with Crippen LogP contribution in [0.1, 0.15) is 80.6 Å². The zero-order valence-electron chi connectivity index (χ0n) is 24.7. The van der Waals surface area contributed by atoms with Gasteiger partial charge in [0.15, 0.2) is 5.65 Å². The molecule has 2 aliphatic rings. The Labute approximate surface area is 244 Å². The third-order valence-corrected chi connectivity index (χ3v) is 10.5. The highest BCUT2D eigenvalue weighted by Gasteiger charge is 2.45. The van der Waals surface area contributed by atoms with Crippen molar-refractivity contribution < 1.29 is 13.2 Å². The summed E-state index contributed by atoms with van der Waals surface area (Å²) in [5, 5.41) is 4.02. The fourth-order valence-corrected chi connectivity index (χ4v) is 7.75. The van der Waals surface area contributed by atoms with Crippen molar-refractivity contribution in [1.29, 1.82) is 0 Å². The number of fused-ring (bicyclic) bond motifs is 1. The monoisotopic (exact) mass is 585 g/mol. The number of aryl methyl sites for hydroxylation is 2. The van der Waals surface area contributed by atoms with Gasteiger partial charge in [0.25, 0.3) is 5.92 Å². The quantitative estimate of drug-likeness (QED) is 0.279. The van der Waals surface area contributed by atoms with Crippen LogP contribution < -0.4 is 5.32 Å². The first kappa shape index (κ1) is 30.0. The van der Waals surface area contributed by atoms with E-state index < -0.39 is 23.2 Å². The van der Waals surface area contributed by atoms with E-state index in [-0.39, 0.29) is 22.6 Å². The molecule has 5 rings (SSSR count). The minimum Gasteiger partial charge on any atom is -0.365 e. The molecule has 5 nitrogen and oxygen atoms in total. The Kier molecular flexibility index (Phi) is 9.04. The molecule has 2 aromatic heterocycles. The number of nitrogens with zero attached hydrogens (tertiary/aromatic N) is 4. The van der Waals surface area contributed by atoms with Crippen molar-refractivity contribution in [3.63, 3.8) is 0 Å². The number of hydrogen-bond donors (Lipinski definition) is 1. The van der Waals surface area contributed by atoms with Gasteiger partial charge >= 0.3 is 0 Å². The molecule has 2 fully saturated rings. The Hall–Kier alpha value is -2.52. The van der Waals surface area contributed by atoms with Crippen molar-refractivity contribution in [2.45, 2.75) is 84.2 Å². The maximum absolute atomic E-state index is 15.7. The lowest BCUT2D eigenvalue weighted by Gasteiger charge is -2.38. The van der Waals surface area contributed by atoms with Gasteiger partial charge in [0, 0.05) is 29.8 Å². The highest BCUT2D eigenvalue weighted by atomic mass is 32.2. The summed E-state index contributed by atoms with van der Waals surface area (Å²) in [7, 11) is 0.233. The van der Waals surface area contributed by atoms with E-state index in [9.17, 15) is 0 Å². The molecule has 0 amide bonds. The Balaban J connectivity index is 1.40. The molecule has 222 valence electrons. The van der Waals surface area contributed by atoms with Gasteiger partial charge in [-0.15, -0.1) is 0 Å². The number of rotatable bonds is 8. The number of alkyl halides is 2. The Morgan fingerprint density at radius 1 is 1.10 bits per heavy atom. The number of nitrogens with one attached hydrogen (secondary N) is 1. The second kappa shape index (κ2) is 12.4. The maximum atomic E-state index is 15.7. The molecule has 1 N–H and O–H groups in total. The van der Waals surface area contributed by atoms with Crippen LogP contribution in [0.5, 0.6) is 0 Å². The summed E-state index contributed by atoms with van der Waals surface area (Å²) in [5.41, 5.74) is 2.56. The van der Waals surface area contributed by atoms with E-state index in [2.05, 4.69) is 52.9 Å². The summed E-state index contributed by atoms with van der Waals surface area (Å²) < 4.78 is 47.0. The molecule has 9 heteroatoms. The standard InChI is InChI=1S/C32H42F3N5S/c1-6-28-25(22-12-16-41(5)17-13-22)18-26-30(37-21(4)38-31(26)39-28)36-19-23-8-7-9-27(29(23)33)32(34,35)24-10-14-40(15-11-24)20(2)3/h7-9,18,20,22,24H,5-6,10-17,19H2,1-4H3,(H,36,37,38,39). The van der Waals surface area contributed by atoms with E-state index in [1.165, 1.54) is 17.7 Å². The number of halogens is 3. The number of piperidine rings is 1. The Morgan fingerprint density at radius 3 is 2.46 bits per heavy atom. The van der Waals surface area contributed by atoms with Gasteiger partial charge in [0.2, 0.25) is 0 Å². The van der Waals surface area contributed by atoms with E-state index >= 15 is 13.2 Å². The van der Waals surface area contributed by atoms with Crippen LogP contribution in [0.25, 0.3) is 11.0 Å². The minimum atomic E-state index is -3.23. The van der Waals surface area contributed by atoms with Crippen LogP contribution in [0.3, 0.4) is 0 Å². The van der Waals surface area contributed by atoms with E-state index in [1.807, 2.05) is 0 Å². The highest BCUT2D eigenvalue weighted by Crippen LogP contribution is 2.43. The SMILES string of the molecule is C=S1CCC(c2cc3c(NCc4cccc(C(F)(F)C5CCN(C(C)C)CC5)c4F)nc(C)nc3nc2CC)CC1. The predicted molar refractivity (Wildman–Crippen MR) is 165 cm³/mol. The van der Waals surface area contributed by atoms with Gasteiger partial charge in [0.1, 0.15) is 17.5 Å². The van der Waals surface area contributed by atoms with Crippen LogP contribution in [0.2, 0.25) is 0 Å². The fourth-order valence-electron chi connectivity index (χ4n) is 6.31. The second-order valence-corrected chi connectivity index (χ2v) is 13.9. The summed E-state index contributed by atoms with van der Waals surface area (Å²) in [4.78, 5) is 16.3. The van der Waals surface area contributed by atoms with Gasteiger partial charge < -0.3 is 10.2 Å². The smallest absolute Gasteiger partial charge is 0.278 e. The van der Waals surface area contributed by atoms with Crippen LogP contribution in [-0.2, 0) is 18.9 Å². The molecule has 0 atom stereocenters. The van der Waals surface area contributed by atoms with Gasteiger partial charge in [-0.3, -0.25) is 0 Å². The molecule has 0 radical (unpaired) electrons. The van der Waals surface area contributed by atoms with Crippen LogP contribution in [0.4, 0.5) is 19.0 Å². The van der Waals surface area contributed by atoms with Gasteiger partial charge in [-0.1, -0.05) is 31.0 Å². The normalized spacial score (nSPS) is 21.1. The lowest BCUT2D eigenvalue weighted by atomic mass is 9.85. The maximum Gasteiger partial charge on any atom is 0.278 e. The lowest BCUT2D eigenvalue weighted by Crippen LogP contribution is -2.42. The molecule has 0 spiro atoms. The molecule has 41 heavy (non-hydrogen) atoms. The zero-order chi connectivity index (χ0) is 29.3. The molecule has 0 saturated carbocycles. The van der Waals surface area contributed by atoms with E-state index in [4.69, 9.17) is 4.98 Å². The van der Waals surface area contributed by atoms with Crippen molar-refractivity contribution in [1.82, 2.24) is 19.9 Å². The van der Waals surface area contributed by atoms with Gasteiger partial charge in [-0.05, 0) is 95.0 Å². The van der Waals surface area contributed by atoms with Crippen molar-refractivity contribution in [2.24, 2.45) is 5.92 Å². The summed E-state index contributed by atoms with van der Waals surface area (Å²) >= 11 is 0. The molecule has 3 aromatic rings. The Morgan fingerprint density at radius 2 is 1.80 bits per heavy atom. The summed E-state index contributed by atoms with van der Waals surface area (Å²) in [6.07, 6.45) is 3.69. The molecule has 0 aliphatic carbocycles. The molecule has 0 unspecified atom stereocenters. The first-order valence-corrected chi connectivity index (χ1v) is 16.6. The first-order chi connectivity index (χ1) is 19.6. The highest BCUT2D eigenvalue weighted by molar-refractivity contribution is 8.14. The van der Waals surface area contributed by atoms with Crippen molar-refractivity contribution in [2.75, 3.05) is 29.9 Å². The molecule has 4 heterocycles. The van der Waals surface area contributed by atoms with E-state index in [1.54, 1.807) is 13.0 Å². The van der Waals surface area contributed by atoms with Crippen molar-refractivity contribution >= 4 is 33.2 Å². The topological polar surface area (TPSA) is 53.9 Å². The summed E-state index contributed by atoms with van der Waals surface area (Å²) in [6, 6.07) is 6.80.